The molecule has 1 N–H and O–H groups in total. The van der Waals surface area contributed by atoms with Crippen LogP contribution in [-0.2, 0) is 11.0 Å². The van der Waals surface area contributed by atoms with Crippen LogP contribution in [0.15, 0.2) is 18.2 Å². The fourth-order valence-electron chi connectivity index (χ4n) is 1.16. The van der Waals surface area contributed by atoms with Gasteiger partial charge >= 0.3 is 6.18 Å². The highest BCUT2D eigenvalue weighted by Gasteiger charge is 2.33. The molecular weight excluding hydrogens is 221 g/mol. The smallest absolute Gasteiger partial charge is 0.326 e. The molecule has 0 aliphatic heterocycles. The summed E-state index contributed by atoms with van der Waals surface area (Å²) in [5, 5.41) is 10.7. The number of rotatable bonds is 1. The van der Waals surface area contributed by atoms with Gasteiger partial charge in [-0.1, -0.05) is 0 Å². The third kappa shape index (κ3) is 2.73. The highest BCUT2D eigenvalue weighted by atomic mass is 19.4. The van der Waals surface area contributed by atoms with E-state index in [-0.39, 0.29) is 5.69 Å². The largest absolute Gasteiger partial charge is 0.417 e. The van der Waals surface area contributed by atoms with Gasteiger partial charge in [0, 0.05) is 12.6 Å². The average Bonchev–Trinajstić information content (AvgIpc) is 2.15. The van der Waals surface area contributed by atoms with Gasteiger partial charge in [0.05, 0.1) is 17.2 Å². The van der Waals surface area contributed by atoms with Gasteiger partial charge in [0.25, 0.3) is 0 Å². The number of hydrogen-bond donors (Lipinski definition) is 1. The number of nitriles is 1. The molecule has 1 amide bonds. The maximum Gasteiger partial charge on any atom is 0.417 e. The van der Waals surface area contributed by atoms with Crippen molar-refractivity contribution < 1.29 is 18.0 Å². The maximum absolute atomic E-state index is 12.5. The molecule has 0 spiro atoms. The highest BCUT2D eigenvalue weighted by Crippen LogP contribution is 2.33. The van der Waals surface area contributed by atoms with E-state index < -0.39 is 23.2 Å². The lowest BCUT2D eigenvalue weighted by Crippen LogP contribution is -2.11. The molecule has 0 heterocycles. The van der Waals surface area contributed by atoms with E-state index >= 15 is 0 Å². The van der Waals surface area contributed by atoms with Crippen molar-refractivity contribution in [3.05, 3.63) is 29.3 Å². The lowest BCUT2D eigenvalue weighted by Gasteiger charge is -2.10. The first-order chi connectivity index (χ1) is 7.34. The summed E-state index contributed by atoms with van der Waals surface area (Å²) in [4.78, 5) is 10.7. The lowest BCUT2D eigenvalue weighted by atomic mass is 10.1. The number of alkyl halides is 3. The molecule has 0 saturated carbocycles. The topological polar surface area (TPSA) is 52.9 Å². The van der Waals surface area contributed by atoms with Gasteiger partial charge in [-0.2, -0.15) is 18.4 Å². The molecule has 84 valence electrons. The standard InChI is InChI=1S/C10H7F3N2O/c1-6(16)15-8-3-2-7(5-14)9(4-8)10(11,12)13/h2-4H,1H3,(H,15,16). The summed E-state index contributed by atoms with van der Waals surface area (Å²) in [6, 6.07) is 4.45. The van der Waals surface area contributed by atoms with E-state index in [2.05, 4.69) is 5.32 Å². The van der Waals surface area contributed by atoms with Crippen LogP contribution in [0.5, 0.6) is 0 Å². The number of benzene rings is 1. The van der Waals surface area contributed by atoms with Gasteiger partial charge in [-0.05, 0) is 18.2 Å². The van der Waals surface area contributed by atoms with Crippen molar-refractivity contribution >= 4 is 11.6 Å². The Kier molecular flexibility index (Phi) is 3.18. The number of halogens is 3. The van der Waals surface area contributed by atoms with Crippen LogP contribution in [0.25, 0.3) is 0 Å². The van der Waals surface area contributed by atoms with Gasteiger partial charge < -0.3 is 5.32 Å². The van der Waals surface area contributed by atoms with Gasteiger partial charge in [0.2, 0.25) is 5.91 Å². The summed E-state index contributed by atoms with van der Waals surface area (Å²) in [6.07, 6.45) is -4.61. The van der Waals surface area contributed by atoms with E-state index in [4.69, 9.17) is 5.26 Å². The minimum atomic E-state index is -4.61. The monoisotopic (exact) mass is 228 g/mol. The van der Waals surface area contributed by atoms with Crippen molar-refractivity contribution in [1.82, 2.24) is 0 Å². The number of anilines is 1. The second-order valence-electron chi connectivity index (χ2n) is 3.05. The Morgan fingerprint density at radius 3 is 2.50 bits per heavy atom. The van der Waals surface area contributed by atoms with E-state index in [1.54, 1.807) is 0 Å². The Morgan fingerprint density at radius 1 is 1.44 bits per heavy atom. The summed E-state index contributed by atoms with van der Waals surface area (Å²) in [7, 11) is 0. The molecule has 0 aliphatic rings. The minimum Gasteiger partial charge on any atom is -0.326 e. The van der Waals surface area contributed by atoms with Crippen LogP contribution in [0.3, 0.4) is 0 Å². The minimum absolute atomic E-state index is 0.0128. The van der Waals surface area contributed by atoms with Gasteiger partial charge in [0.15, 0.2) is 0 Å². The molecule has 0 bridgehead atoms. The molecule has 1 aromatic rings. The molecule has 0 aromatic heterocycles. The zero-order valence-corrected chi connectivity index (χ0v) is 8.22. The number of nitrogens with zero attached hydrogens (tertiary/aromatic N) is 1. The Labute approximate surface area is 89.5 Å². The van der Waals surface area contributed by atoms with Crippen LogP contribution >= 0.6 is 0 Å². The molecule has 16 heavy (non-hydrogen) atoms. The van der Waals surface area contributed by atoms with E-state index in [0.717, 1.165) is 12.1 Å². The molecule has 1 rings (SSSR count). The molecular formula is C10H7F3N2O. The summed E-state index contributed by atoms with van der Waals surface area (Å²) < 4.78 is 37.5. The normalized spacial score (nSPS) is 10.7. The molecule has 3 nitrogen and oxygen atoms in total. The quantitative estimate of drug-likeness (QED) is 0.802. The van der Waals surface area contributed by atoms with Crippen molar-refractivity contribution in [2.45, 2.75) is 13.1 Å². The van der Waals surface area contributed by atoms with Crippen molar-refractivity contribution in [2.24, 2.45) is 0 Å². The summed E-state index contributed by atoms with van der Waals surface area (Å²) in [5.41, 5.74) is -1.51. The first-order valence-corrected chi connectivity index (χ1v) is 4.23. The second kappa shape index (κ2) is 4.23. The van der Waals surface area contributed by atoms with Crippen LogP contribution in [-0.4, -0.2) is 5.91 Å². The molecule has 0 radical (unpaired) electrons. The van der Waals surface area contributed by atoms with Crippen molar-refractivity contribution in [3.8, 4) is 6.07 Å². The van der Waals surface area contributed by atoms with E-state index in [0.29, 0.717) is 0 Å². The number of carbonyl (C=O) groups excluding carboxylic acids is 1. The number of nitrogens with one attached hydrogen (secondary N) is 1. The SMILES string of the molecule is CC(=O)Nc1ccc(C#N)c(C(F)(F)F)c1. The number of hydrogen-bond acceptors (Lipinski definition) is 2. The van der Waals surface area contributed by atoms with E-state index in [9.17, 15) is 18.0 Å². The van der Waals surface area contributed by atoms with Crippen LogP contribution < -0.4 is 5.32 Å². The Morgan fingerprint density at radius 2 is 2.06 bits per heavy atom. The third-order valence-electron chi connectivity index (χ3n) is 1.77. The van der Waals surface area contributed by atoms with Crippen molar-refractivity contribution in [1.29, 1.82) is 5.26 Å². The number of amides is 1. The van der Waals surface area contributed by atoms with Gasteiger partial charge in [-0.15, -0.1) is 0 Å². The maximum atomic E-state index is 12.5. The molecule has 0 aliphatic carbocycles. The van der Waals surface area contributed by atoms with Gasteiger partial charge in [0.1, 0.15) is 0 Å². The van der Waals surface area contributed by atoms with E-state index in [1.165, 1.54) is 19.1 Å². The molecule has 0 atom stereocenters. The fraction of sp³-hybridized carbons (Fsp3) is 0.200. The fourth-order valence-corrected chi connectivity index (χ4v) is 1.16. The lowest BCUT2D eigenvalue weighted by molar-refractivity contribution is -0.137. The first kappa shape index (κ1) is 12.0. The highest BCUT2D eigenvalue weighted by molar-refractivity contribution is 5.88. The second-order valence-corrected chi connectivity index (χ2v) is 3.05. The molecule has 0 saturated heterocycles. The Bertz CT molecular complexity index is 460. The molecule has 0 fully saturated rings. The van der Waals surface area contributed by atoms with Crippen LogP contribution in [0, 0.1) is 11.3 Å². The summed E-state index contributed by atoms with van der Waals surface area (Å²) in [6.45, 7) is 1.19. The molecule has 6 heteroatoms. The zero-order chi connectivity index (χ0) is 12.3. The Balaban J connectivity index is 3.23. The summed E-state index contributed by atoms with van der Waals surface area (Å²) >= 11 is 0. The van der Waals surface area contributed by atoms with E-state index in [1.807, 2.05) is 0 Å². The first-order valence-electron chi connectivity index (χ1n) is 4.23. The van der Waals surface area contributed by atoms with Crippen molar-refractivity contribution in [2.75, 3.05) is 5.32 Å². The predicted molar refractivity (Wildman–Crippen MR) is 50.5 cm³/mol. The summed E-state index contributed by atoms with van der Waals surface area (Å²) in [5.74, 6) is -0.474. The van der Waals surface area contributed by atoms with Gasteiger partial charge in [-0.25, -0.2) is 0 Å². The predicted octanol–water partition coefficient (Wildman–Crippen LogP) is 2.54. The van der Waals surface area contributed by atoms with Crippen LogP contribution in [0.2, 0.25) is 0 Å². The molecule has 1 aromatic carbocycles. The zero-order valence-electron chi connectivity index (χ0n) is 8.22. The number of carbonyl (C=O) groups is 1. The average molecular weight is 228 g/mol. The molecule has 0 unspecified atom stereocenters. The van der Waals surface area contributed by atoms with Crippen molar-refractivity contribution in [3.63, 3.8) is 0 Å². The Hall–Kier alpha value is -2.03. The van der Waals surface area contributed by atoms with Gasteiger partial charge in [-0.3, -0.25) is 4.79 Å². The van der Waals surface area contributed by atoms with Crippen LogP contribution in [0.4, 0.5) is 18.9 Å². The third-order valence-corrected chi connectivity index (χ3v) is 1.77. The van der Waals surface area contributed by atoms with Crippen LogP contribution in [0.1, 0.15) is 18.1 Å².